The van der Waals surface area contributed by atoms with Crippen molar-refractivity contribution in [2.45, 2.75) is 83.6 Å². The maximum absolute atomic E-state index is 12.1. The first-order valence-corrected chi connectivity index (χ1v) is 8.49. The summed E-state index contributed by atoms with van der Waals surface area (Å²) >= 11 is 0. The summed E-state index contributed by atoms with van der Waals surface area (Å²) in [6.45, 7) is 7.67. The first-order chi connectivity index (χ1) is 10.8. The SMILES string of the molecule is CCCc1cnn(C2CC(O)CCC2NC(=O)OC(C)(C)C)c1. The Morgan fingerprint density at radius 2 is 2.22 bits per heavy atom. The number of aliphatic hydroxyl groups is 1. The van der Waals surface area contributed by atoms with Crippen LogP contribution in [-0.4, -0.2) is 38.7 Å². The molecule has 0 bridgehead atoms. The second-order valence-electron chi connectivity index (χ2n) is 7.37. The van der Waals surface area contributed by atoms with E-state index in [9.17, 15) is 9.90 Å². The number of amides is 1. The van der Waals surface area contributed by atoms with Crippen LogP contribution in [0.3, 0.4) is 0 Å². The highest BCUT2D eigenvalue weighted by Crippen LogP contribution is 2.29. The van der Waals surface area contributed by atoms with Crippen LogP contribution >= 0.6 is 0 Å². The molecule has 0 aliphatic heterocycles. The Hall–Kier alpha value is -1.56. The Kier molecular flexibility index (Phi) is 5.68. The quantitative estimate of drug-likeness (QED) is 0.893. The van der Waals surface area contributed by atoms with E-state index in [2.05, 4.69) is 17.3 Å². The Labute approximate surface area is 138 Å². The molecule has 0 spiro atoms. The summed E-state index contributed by atoms with van der Waals surface area (Å²) in [6, 6.07) is -0.125. The molecule has 1 aromatic heterocycles. The number of nitrogens with one attached hydrogen (secondary N) is 1. The molecule has 3 atom stereocenters. The lowest BCUT2D eigenvalue weighted by Gasteiger charge is -2.35. The van der Waals surface area contributed by atoms with Crippen molar-refractivity contribution in [3.63, 3.8) is 0 Å². The molecule has 6 nitrogen and oxygen atoms in total. The number of carbonyl (C=O) groups is 1. The van der Waals surface area contributed by atoms with Crippen LogP contribution < -0.4 is 5.32 Å². The molecule has 23 heavy (non-hydrogen) atoms. The Balaban J connectivity index is 2.07. The van der Waals surface area contributed by atoms with Gasteiger partial charge in [0.1, 0.15) is 5.60 Å². The molecule has 0 aromatic carbocycles. The summed E-state index contributed by atoms with van der Waals surface area (Å²) < 4.78 is 7.24. The van der Waals surface area contributed by atoms with Crippen LogP contribution in [0.2, 0.25) is 0 Å². The predicted octanol–water partition coefficient (Wildman–Crippen LogP) is 2.81. The van der Waals surface area contributed by atoms with E-state index in [0.717, 1.165) is 12.8 Å². The monoisotopic (exact) mass is 323 g/mol. The van der Waals surface area contributed by atoms with Gasteiger partial charge >= 0.3 is 6.09 Å². The number of hydrogen-bond donors (Lipinski definition) is 2. The summed E-state index contributed by atoms with van der Waals surface area (Å²) in [4.78, 5) is 12.1. The minimum Gasteiger partial charge on any atom is -0.444 e. The predicted molar refractivity (Wildman–Crippen MR) is 88.3 cm³/mol. The van der Waals surface area contributed by atoms with Gasteiger partial charge < -0.3 is 15.2 Å². The van der Waals surface area contributed by atoms with E-state index in [1.54, 1.807) is 0 Å². The molecular weight excluding hydrogens is 294 g/mol. The van der Waals surface area contributed by atoms with E-state index in [1.165, 1.54) is 5.56 Å². The highest BCUT2D eigenvalue weighted by Gasteiger charge is 2.33. The van der Waals surface area contributed by atoms with Gasteiger partial charge in [-0.15, -0.1) is 0 Å². The molecule has 1 aromatic rings. The van der Waals surface area contributed by atoms with E-state index < -0.39 is 11.7 Å². The third kappa shape index (κ3) is 5.23. The van der Waals surface area contributed by atoms with E-state index >= 15 is 0 Å². The number of aryl methyl sites for hydroxylation is 1. The van der Waals surface area contributed by atoms with Crippen molar-refractivity contribution in [1.29, 1.82) is 0 Å². The summed E-state index contributed by atoms with van der Waals surface area (Å²) in [5, 5.41) is 17.4. The van der Waals surface area contributed by atoms with Crippen LogP contribution in [0.15, 0.2) is 12.4 Å². The van der Waals surface area contributed by atoms with Gasteiger partial charge in [0.2, 0.25) is 0 Å². The normalized spacial score (nSPS) is 25.2. The average Bonchev–Trinajstić information content (AvgIpc) is 2.87. The molecule has 0 saturated heterocycles. The molecule has 0 radical (unpaired) electrons. The molecule has 1 saturated carbocycles. The lowest BCUT2D eigenvalue weighted by Crippen LogP contribution is -2.47. The number of nitrogens with zero attached hydrogens (tertiary/aromatic N) is 2. The standard InChI is InChI=1S/C17H29N3O3/c1-5-6-12-10-18-20(11-12)15-9-13(21)7-8-14(15)19-16(22)23-17(2,3)4/h10-11,13-15,21H,5-9H2,1-4H3,(H,19,22). The zero-order valence-corrected chi connectivity index (χ0v) is 14.6. The van der Waals surface area contributed by atoms with Gasteiger partial charge in [-0.25, -0.2) is 4.79 Å². The second kappa shape index (κ2) is 7.34. The Morgan fingerprint density at radius 1 is 1.48 bits per heavy atom. The third-order valence-corrected chi connectivity index (χ3v) is 4.02. The van der Waals surface area contributed by atoms with E-state index in [1.807, 2.05) is 37.8 Å². The van der Waals surface area contributed by atoms with Crippen LogP contribution in [0.5, 0.6) is 0 Å². The fraction of sp³-hybridized carbons (Fsp3) is 0.765. The number of ether oxygens (including phenoxy) is 1. The van der Waals surface area contributed by atoms with Crippen molar-refractivity contribution in [3.8, 4) is 0 Å². The molecule has 130 valence electrons. The van der Waals surface area contributed by atoms with Gasteiger partial charge in [0.15, 0.2) is 0 Å². The van der Waals surface area contributed by atoms with Crippen molar-refractivity contribution in [2.75, 3.05) is 0 Å². The van der Waals surface area contributed by atoms with Gasteiger partial charge in [-0.2, -0.15) is 5.10 Å². The zero-order valence-electron chi connectivity index (χ0n) is 14.6. The lowest BCUT2D eigenvalue weighted by molar-refractivity contribution is 0.0387. The summed E-state index contributed by atoms with van der Waals surface area (Å²) in [6.07, 6.45) is 7.17. The third-order valence-electron chi connectivity index (χ3n) is 4.02. The van der Waals surface area contributed by atoms with Gasteiger partial charge in [-0.1, -0.05) is 13.3 Å². The number of carbonyl (C=O) groups excluding carboxylic acids is 1. The summed E-state index contributed by atoms with van der Waals surface area (Å²) in [5.41, 5.74) is 0.664. The van der Waals surface area contributed by atoms with Gasteiger partial charge in [0, 0.05) is 6.20 Å². The molecular formula is C17H29N3O3. The van der Waals surface area contributed by atoms with E-state index in [4.69, 9.17) is 4.74 Å². The van der Waals surface area contributed by atoms with Crippen LogP contribution in [0.25, 0.3) is 0 Å². The molecule has 1 heterocycles. The average molecular weight is 323 g/mol. The van der Waals surface area contributed by atoms with Gasteiger partial charge in [0.25, 0.3) is 0 Å². The zero-order chi connectivity index (χ0) is 17.0. The van der Waals surface area contributed by atoms with Crippen molar-refractivity contribution in [3.05, 3.63) is 18.0 Å². The molecule has 6 heteroatoms. The fourth-order valence-electron chi connectivity index (χ4n) is 3.02. The minimum atomic E-state index is -0.520. The van der Waals surface area contributed by atoms with Crippen LogP contribution in [0.4, 0.5) is 4.79 Å². The number of aromatic nitrogens is 2. The molecule has 1 aliphatic rings. The molecule has 2 N–H and O–H groups in total. The minimum absolute atomic E-state index is 0.0446. The van der Waals surface area contributed by atoms with E-state index in [0.29, 0.717) is 19.3 Å². The fourth-order valence-corrected chi connectivity index (χ4v) is 3.02. The van der Waals surface area contributed by atoms with Crippen molar-refractivity contribution in [1.82, 2.24) is 15.1 Å². The van der Waals surface area contributed by atoms with Crippen LogP contribution in [0.1, 0.15) is 65.0 Å². The maximum Gasteiger partial charge on any atom is 0.407 e. The number of aliphatic hydroxyl groups excluding tert-OH is 1. The van der Waals surface area contributed by atoms with Gasteiger partial charge in [0.05, 0.1) is 24.4 Å². The first kappa shape index (κ1) is 17.8. The lowest BCUT2D eigenvalue weighted by atomic mass is 9.88. The number of hydrogen-bond acceptors (Lipinski definition) is 4. The number of rotatable bonds is 4. The van der Waals surface area contributed by atoms with Crippen molar-refractivity contribution < 1.29 is 14.6 Å². The topological polar surface area (TPSA) is 76.4 Å². The Morgan fingerprint density at radius 3 is 2.87 bits per heavy atom. The van der Waals surface area contributed by atoms with Gasteiger partial charge in [-0.05, 0) is 52.0 Å². The largest absolute Gasteiger partial charge is 0.444 e. The van der Waals surface area contributed by atoms with Crippen LogP contribution in [-0.2, 0) is 11.2 Å². The van der Waals surface area contributed by atoms with E-state index in [-0.39, 0.29) is 18.2 Å². The van der Waals surface area contributed by atoms with Crippen molar-refractivity contribution in [2.24, 2.45) is 0 Å². The highest BCUT2D eigenvalue weighted by atomic mass is 16.6. The summed E-state index contributed by atoms with van der Waals surface area (Å²) in [7, 11) is 0. The molecule has 1 fully saturated rings. The summed E-state index contributed by atoms with van der Waals surface area (Å²) in [5.74, 6) is 0. The maximum atomic E-state index is 12.1. The molecule has 1 aliphatic carbocycles. The Bertz CT molecular complexity index is 521. The van der Waals surface area contributed by atoms with Crippen LogP contribution in [0, 0.1) is 0 Å². The highest BCUT2D eigenvalue weighted by molar-refractivity contribution is 5.68. The second-order valence-corrected chi connectivity index (χ2v) is 7.37. The molecule has 3 unspecified atom stereocenters. The van der Waals surface area contributed by atoms with Crippen molar-refractivity contribution >= 4 is 6.09 Å². The number of alkyl carbamates (subject to hydrolysis) is 1. The van der Waals surface area contributed by atoms with Gasteiger partial charge in [-0.3, -0.25) is 4.68 Å². The smallest absolute Gasteiger partial charge is 0.407 e. The first-order valence-electron chi connectivity index (χ1n) is 8.49. The molecule has 1 amide bonds. The molecule has 2 rings (SSSR count).